The zero-order valence-corrected chi connectivity index (χ0v) is 5.63. The Morgan fingerprint density at radius 2 is 2.00 bits per heavy atom. The first-order chi connectivity index (χ1) is 3.63. The molecule has 0 aliphatic carbocycles. The molecule has 0 amide bonds. The summed E-state index contributed by atoms with van der Waals surface area (Å²) in [5.41, 5.74) is 0. The van der Waals surface area contributed by atoms with E-state index < -0.39 is 0 Å². The van der Waals surface area contributed by atoms with Crippen LogP contribution in [0.1, 0.15) is 6.92 Å². The second kappa shape index (κ2) is 3.50. The van der Waals surface area contributed by atoms with Gasteiger partial charge in [0.2, 0.25) is 0 Å². The summed E-state index contributed by atoms with van der Waals surface area (Å²) in [6, 6.07) is 0. The van der Waals surface area contributed by atoms with Crippen LogP contribution in [0.15, 0.2) is 12.3 Å². The largest absolute Gasteiger partial charge is 0.389 e. The van der Waals surface area contributed by atoms with E-state index in [0.29, 0.717) is 0 Å². The molecule has 0 saturated heterocycles. The molecule has 0 bridgehead atoms. The second-order valence-electron chi connectivity index (χ2n) is 2.05. The van der Waals surface area contributed by atoms with E-state index in [4.69, 9.17) is 5.11 Å². The van der Waals surface area contributed by atoms with Gasteiger partial charge in [-0.15, -0.1) is 0 Å². The molecule has 0 heterocycles. The van der Waals surface area contributed by atoms with Crippen LogP contribution in [-0.2, 0) is 0 Å². The molecule has 48 valence electrons. The van der Waals surface area contributed by atoms with Crippen LogP contribution in [0.2, 0.25) is 0 Å². The molecule has 2 heteroatoms. The molecule has 2 nitrogen and oxygen atoms in total. The Labute approximate surface area is 50.4 Å². The lowest BCUT2D eigenvalue weighted by molar-refractivity contribution is 0.242. The molecule has 0 aromatic rings. The van der Waals surface area contributed by atoms with Crippen LogP contribution in [0, 0.1) is 0 Å². The van der Waals surface area contributed by atoms with Crippen LogP contribution in [0.25, 0.3) is 0 Å². The number of hydrogen-bond acceptors (Lipinski definition) is 2. The average Bonchev–Trinajstić information content (AvgIpc) is 1.61. The van der Waals surface area contributed by atoms with Crippen molar-refractivity contribution in [3.05, 3.63) is 12.3 Å². The minimum absolute atomic E-state index is 0.336. The van der Waals surface area contributed by atoms with Crippen molar-refractivity contribution in [3.63, 3.8) is 0 Å². The first-order valence-electron chi connectivity index (χ1n) is 2.65. The molecular weight excluding hydrogens is 102 g/mol. The van der Waals surface area contributed by atoms with Crippen LogP contribution in [0.5, 0.6) is 0 Å². The van der Waals surface area contributed by atoms with Gasteiger partial charge in [0.15, 0.2) is 0 Å². The number of aliphatic hydroxyl groups excluding tert-OH is 1. The summed E-state index contributed by atoms with van der Waals surface area (Å²) in [6.07, 6.45) is 3.21. The number of aliphatic hydroxyl groups is 1. The highest BCUT2D eigenvalue weighted by molar-refractivity contribution is 4.83. The molecule has 0 rings (SSSR count). The maximum Gasteiger partial charge on any atom is 0.0709 e. The molecule has 8 heavy (non-hydrogen) atoms. The van der Waals surface area contributed by atoms with Crippen molar-refractivity contribution in [2.75, 3.05) is 14.1 Å². The third-order valence-corrected chi connectivity index (χ3v) is 0.663. The van der Waals surface area contributed by atoms with Gasteiger partial charge in [0.25, 0.3) is 0 Å². The smallest absolute Gasteiger partial charge is 0.0709 e. The van der Waals surface area contributed by atoms with E-state index >= 15 is 0 Å². The van der Waals surface area contributed by atoms with Crippen molar-refractivity contribution in [1.29, 1.82) is 0 Å². The van der Waals surface area contributed by atoms with Gasteiger partial charge in [0.05, 0.1) is 6.10 Å². The fourth-order valence-electron chi connectivity index (χ4n) is 0.297. The Bertz CT molecular complexity index is 66.6. The highest BCUT2D eigenvalue weighted by Gasteiger charge is 1.83. The quantitative estimate of drug-likeness (QED) is 0.564. The van der Waals surface area contributed by atoms with Crippen molar-refractivity contribution in [2.24, 2.45) is 0 Å². The Morgan fingerprint density at radius 1 is 1.50 bits per heavy atom. The molecular formula is C6H13NO. The van der Waals surface area contributed by atoms with Gasteiger partial charge in [-0.05, 0) is 19.2 Å². The fraction of sp³-hybridized carbons (Fsp3) is 0.667. The third kappa shape index (κ3) is 5.50. The van der Waals surface area contributed by atoms with Gasteiger partial charge in [-0.1, -0.05) is 0 Å². The first-order valence-corrected chi connectivity index (χ1v) is 2.65. The summed E-state index contributed by atoms with van der Waals surface area (Å²) < 4.78 is 0. The van der Waals surface area contributed by atoms with E-state index in [9.17, 15) is 0 Å². The Balaban J connectivity index is 3.34. The Morgan fingerprint density at radius 3 is 2.12 bits per heavy atom. The summed E-state index contributed by atoms with van der Waals surface area (Å²) in [5.74, 6) is 0. The molecule has 0 aromatic carbocycles. The lowest BCUT2D eigenvalue weighted by Gasteiger charge is -2.03. The van der Waals surface area contributed by atoms with Gasteiger partial charge in [-0.3, -0.25) is 0 Å². The Kier molecular flexibility index (Phi) is 3.28. The average molecular weight is 115 g/mol. The van der Waals surface area contributed by atoms with Gasteiger partial charge in [-0.25, -0.2) is 0 Å². The third-order valence-electron chi connectivity index (χ3n) is 0.663. The summed E-state index contributed by atoms with van der Waals surface area (Å²) in [7, 11) is 3.83. The lowest BCUT2D eigenvalue weighted by Crippen LogP contribution is -2.03. The van der Waals surface area contributed by atoms with Crippen LogP contribution in [0.4, 0.5) is 0 Å². The monoisotopic (exact) mass is 115 g/mol. The van der Waals surface area contributed by atoms with Crippen LogP contribution >= 0.6 is 0 Å². The SMILES string of the molecule is CC(O)C=CN(C)C. The van der Waals surface area contributed by atoms with Gasteiger partial charge in [0.1, 0.15) is 0 Å². The fourth-order valence-corrected chi connectivity index (χ4v) is 0.297. The summed E-state index contributed by atoms with van der Waals surface area (Å²) in [4.78, 5) is 1.88. The van der Waals surface area contributed by atoms with E-state index in [1.165, 1.54) is 0 Å². The molecule has 1 N–H and O–H groups in total. The Hall–Kier alpha value is -0.500. The van der Waals surface area contributed by atoms with Crippen molar-refractivity contribution >= 4 is 0 Å². The summed E-state index contributed by atoms with van der Waals surface area (Å²) in [6.45, 7) is 1.72. The van der Waals surface area contributed by atoms with E-state index in [2.05, 4.69) is 0 Å². The zero-order chi connectivity index (χ0) is 6.57. The predicted molar refractivity (Wildman–Crippen MR) is 34.5 cm³/mol. The standard InChI is InChI=1S/C6H13NO/c1-6(8)4-5-7(2)3/h4-6,8H,1-3H3. The number of hydrogen-bond donors (Lipinski definition) is 1. The first kappa shape index (κ1) is 7.50. The second-order valence-corrected chi connectivity index (χ2v) is 2.05. The number of rotatable bonds is 2. The minimum atomic E-state index is -0.336. The van der Waals surface area contributed by atoms with Gasteiger partial charge < -0.3 is 10.0 Å². The number of nitrogens with zero attached hydrogens (tertiary/aromatic N) is 1. The van der Waals surface area contributed by atoms with E-state index in [1.54, 1.807) is 13.0 Å². The van der Waals surface area contributed by atoms with Crippen LogP contribution in [0.3, 0.4) is 0 Å². The molecule has 0 fully saturated rings. The molecule has 1 unspecified atom stereocenters. The topological polar surface area (TPSA) is 23.5 Å². The van der Waals surface area contributed by atoms with E-state index in [-0.39, 0.29) is 6.10 Å². The summed E-state index contributed by atoms with van der Waals surface area (Å²) >= 11 is 0. The molecule has 0 aromatic heterocycles. The lowest BCUT2D eigenvalue weighted by atomic mass is 10.4. The van der Waals surface area contributed by atoms with Crippen LogP contribution in [-0.4, -0.2) is 30.2 Å². The van der Waals surface area contributed by atoms with Gasteiger partial charge in [0, 0.05) is 14.1 Å². The van der Waals surface area contributed by atoms with Gasteiger partial charge in [-0.2, -0.15) is 0 Å². The van der Waals surface area contributed by atoms with E-state index in [1.807, 2.05) is 25.2 Å². The van der Waals surface area contributed by atoms with Crippen LogP contribution < -0.4 is 0 Å². The van der Waals surface area contributed by atoms with Crippen molar-refractivity contribution in [3.8, 4) is 0 Å². The molecule has 0 saturated carbocycles. The molecule has 1 atom stereocenters. The zero-order valence-electron chi connectivity index (χ0n) is 5.63. The molecule has 0 aliphatic heterocycles. The van der Waals surface area contributed by atoms with Crippen molar-refractivity contribution in [1.82, 2.24) is 4.90 Å². The predicted octanol–water partition coefficient (Wildman–Crippen LogP) is 0.442. The minimum Gasteiger partial charge on any atom is -0.389 e. The van der Waals surface area contributed by atoms with Gasteiger partial charge >= 0.3 is 0 Å². The summed E-state index contributed by atoms with van der Waals surface area (Å²) in [5, 5.41) is 8.69. The maximum absolute atomic E-state index is 8.69. The van der Waals surface area contributed by atoms with E-state index in [0.717, 1.165) is 0 Å². The van der Waals surface area contributed by atoms with Crippen molar-refractivity contribution < 1.29 is 5.11 Å². The maximum atomic E-state index is 8.69. The normalized spacial score (nSPS) is 14.5. The highest BCUT2D eigenvalue weighted by atomic mass is 16.3. The van der Waals surface area contributed by atoms with Crippen molar-refractivity contribution in [2.45, 2.75) is 13.0 Å². The molecule has 0 aliphatic rings. The molecule has 0 radical (unpaired) electrons. The highest BCUT2D eigenvalue weighted by Crippen LogP contribution is 1.83. The molecule has 0 spiro atoms.